The van der Waals surface area contributed by atoms with E-state index in [0.717, 1.165) is 31.2 Å². The van der Waals surface area contributed by atoms with Crippen molar-refractivity contribution < 1.29 is 32.2 Å². The van der Waals surface area contributed by atoms with Crippen molar-refractivity contribution in [2.45, 2.75) is 63.9 Å². The van der Waals surface area contributed by atoms with E-state index < -0.39 is 21.8 Å². The summed E-state index contributed by atoms with van der Waals surface area (Å²) >= 11 is 0. The van der Waals surface area contributed by atoms with Gasteiger partial charge in [0.1, 0.15) is 17.1 Å². The molecule has 1 aliphatic heterocycles. The third kappa shape index (κ3) is 6.27. The average molecular weight is 550 g/mol. The predicted molar refractivity (Wildman–Crippen MR) is 143 cm³/mol. The quantitative estimate of drug-likeness (QED) is 0.384. The molecule has 0 spiro atoms. The molecule has 0 bridgehead atoms. The molecule has 1 amide bonds. The lowest BCUT2D eigenvalue weighted by Crippen LogP contribution is -2.43. The number of rotatable bonds is 11. The molecule has 11 heteroatoms. The van der Waals surface area contributed by atoms with Crippen molar-refractivity contribution >= 4 is 27.6 Å². The van der Waals surface area contributed by atoms with Gasteiger partial charge in [-0.2, -0.15) is 0 Å². The summed E-state index contributed by atoms with van der Waals surface area (Å²) in [7, 11) is -3.04. The summed E-state index contributed by atoms with van der Waals surface area (Å²) in [5, 5.41) is 12.7. The van der Waals surface area contributed by atoms with E-state index in [9.17, 15) is 27.5 Å². The van der Waals surface area contributed by atoms with Crippen molar-refractivity contribution in [3.05, 3.63) is 52.8 Å². The number of carbonyl (C=O) groups excluding carboxylic acids is 1. The number of amides is 1. The zero-order valence-electron chi connectivity index (χ0n) is 22.4. The van der Waals surface area contributed by atoms with Crippen LogP contribution in [0.5, 0.6) is 5.75 Å². The molecule has 1 aliphatic rings. The molecule has 1 fully saturated rings. The number of aromatic carboxylic acids is 1. The molecule has 0 aliphatic carbocycles. The minimum atomic E-state index is -4.37. The number of likely N-dealkylation sites (tertiary alicyclic amines) is 1. The van der Waals surface area contributed by atoms with Gasteiger partial charge in [-0.1, -0.05) is 33.8 Å². The maximum Gasteiger partial charge on any atom is 0.341 e. The van der Waals surface area contributed by atoms with Gasteiger partial charge in [0.2, 0.25) is 5.91 Å². The Bertz CT molecular complexity index is 1300. The van der Waals surface area contributed by atoms with Crippen LogP contribution >= 0.6 is 0 Å². The third-order valence-electron chi connectivity index (χ3n) is 7.18. The molecular weight excluding hydrogens is 513 g/mol. The largest absolute Gasteiger partial charge is 0.495 e. The van der Waals surface area contributed by atoms with Crippen LogP contribution in [-0.2, 0) is 21.4 Å². The number of anilines is 1. The lowest BCUT2D eigenvalue weighted by atomic mass is 9.88. The highest BCUT2D eigenvalue weighted by molar-refractivity contribution is 7.92. The molecule has 208 valence electrons. The number of carboxylic acids is 1. The number of ether oxygens (including phenoxy) is 1. The fourth-order valence-corrected chi connectivity index (χ4v) is 6.08. The number of likely N-dealkylation sites (N-methyl/N-ethyl adjacent to an activating group) is 1. The number of carboxylic acid groups (broad SMARTS) is 1. The Morgan fingerprint density at radius 3 is 2.53 bits per heavy atom. The maximum absolute atomic E-state index is 14.1. The van der Waals surface area contributed by atoms with Crippen LogP contribution in [0.1, 0.15) is 67.9 Å². The van der Waals surface area contributed by atoms with Gasteiger partial charge in [-0.25, -0.2) is 17.6 Å². The molecule has 0 saturated carbocycles. The van der Waals surface area contributed by atoms with E-state index in [0.29, 0.717) is 18.5 Å². The highest BCUT2D eigenvalue weighted by atomic mass is 32.2. The van der Waals surface area contributed by atoms with E-state index in [-0.39, 0.29) is 57.8 Å². The molecule has 1 heterocycles. The standard InChI is InChI=1S/C27H36FN3O6S/c1-6-31-13-7-8-22(31)26(32)29-15-18-14-19(28)9-12-23(18)38(35,36)30-21-11-10-20(17(4)16(2)3)25(37-5)24(21)27(33)34/h9-12,14,16-17,22,30H,6-8,13,15H2,1-5H3,(H,29,32)(H,33,34)/t17?,22-/m1/s1. The van der Waals surface area contributed by atoms with Crippen molar-refractivity contribution in [1.29, 1.82) is 0 Å². The van der Waals surface area contributed by atoms with Gasteiger partial charge in [0.25, 0.3) is 10.0 Å². The number of benzene rings is 2. The van der Waals surface area contributed by atoms with Crippen LogP contribution in [0.2, 0.25) is 0 Å². The molecule has 3 rings (SSSR count). The Morgan fingerprint density at radius 1 is 1.21 bits per heavy atom. The number of nitrogens with one attached hydrogen (secondary N) is 2. The second-order valence-electron chi connectivity index (χ2n) is 9.81. The highest BCUT2D eigenvalue weighted by Gasteiger charge is 2.30. The minimum Gasteiger partial charge on any atom is -0.495 e. The molecular formula is C27H36FN3O6S. The van der Waals surface area contributed by atoms with Crippen LogP contribution in [0.3, 0.4) is 0 Å². The molecule has 2 aromatic carbocycles. The summed E-state index contributed by atoms with van der Waals surface area (Å²) in [6, 6.07) is 5.86. The van der Waals surface area contributed by atoms with Crippen LogP contribution in [0.4, 0.5) is 10.1 Å². The molecule has 1 saturated heterocycles. The van der Waals surface area contributed by atoms with Gasteiger partial charge in [-0.3, -0.25) is 14.4 Å². The van der Waals surface area contributed by atoms with Crippen LogP contribution in [0.15, 0.2) is 35.2 Å². The molecule has 0 radical (unpaired) electrons. The Hall–Kier alpha value is -3.18. The van der Waals surface area contributed by atoms with Gasteiger partial charge < -0.3 is 15.2 Å². The normalized spacial score (nSPS) is 16.9. The molecule has 2 aromatic rings. The van der Waals surface area contributed by atoms with E-state index in [1.807, 2.05) is 32.6 Å². The van der Waals surface area contributed by atoms with Crippen LogP contribution < -0.4 is 14.8 Å². The predicted octanol–water partition coefficient (Wildman–Crippen LogP) is 4.19. The lowest BCUT2D eigenvalue weighted by Gasteiger charge is -2.23. The van der Waals surface area contributed by atoms with E-state index in [1.54, 1.807) is 6.07 Å². The van der Waals surface area contributed by atoms with Gasteiger partial charge in [-0.05, 0) is 73.2 Å². The Morgan fingerprint density at radius 2 is 1.92 bits per heavy atom. The Labute approximate surface area is 223 Å². The van der Waals surface area contributed by atoms with Crippen molar-refractivity contribution in [2.75, 3.05) is 24.9 Å². The summed E-state index contributed by atoms with van der Waals surface area (Å²) in [5.74, 6) is -2.08. The molecule has 3 N–H and O–H groups in total. The fourth-order valence-electron chi connectivity index (χ4n) is 4.78. The molecule has 38 heavy (non-hydrogen) atoms. The number of sulfonamides is 1. The summed E-state index contributed by atoms with van der Waals surface area (Å²) in [5.41, 5.74) is 0.179. The summed E-state index contributed by atoms with van der Waals surface area (Å²) in [6.45, 7) is 9.19. The van der Waals surface area contributed by atoms with Gasteiger partial charge in [-0.15, -0.1) is 0 Å². The van der Waals surface area contributed by atoms with E-state index >= 15 is 0 Å². The SMILES string of the molecule is CCN1CCC[C@@H]1C(=O)NCc1cc(F)ccc1S(=O)(=O)Nc1ccc(C(C)C(C)C)c(OC)c1C(=O)O. The highest BCUT2D eigenvalue weighted by Crippen LogP contribution is 2.38. The molecule has 9 nitrogen and oxygen atoms in total. The topological polar surface area (TPSA) is 125 Å². The van der Waals surface area contributed by atoms with E-state index in [1.165, 1.54) is 13.2 Å². The summed E-state index contributed by atoms with van der Waals surface area (Å²) in [6.07, 6.45) is 1.58. The van der Waals surface area contributed by atoms with E-state index in [4.69, 9.17) is 4.74 Å². The monoisotopic (exact) mass is 549 g/mol. The number of nitrogens with zero attached hydrogens (tertiary/aromatic N) is 1. The summed E-state index contributed by atoms with van der Waals surface area (Å²) < 4.78 is 48.8. The van der Waals surface area contributed by atoms with Crippen molar-refractivity contribution in [2.24, 2.45) is 5.92 Å². The number of carbonyl (C=O) groups is 2. The van der Waals surface area contributed by atoms with Gasteiger partial charge in [0, 0.05) is 6.54 Å². The number of hydrogen-bond donors (Lipinski definition) is 3. The van der Waals surface area contributed by atoms with Crippen molar-refractivity contribution in [1.82, 2.24) is 10.2 Å². The second kappa shape index (κ2) is 12.1. The average Bonchev–Trinajstić information content (AvgIpc) is 3.35. The Kier molecular flexibility index (Phi) is 9.37. The van der Waals surface area contributed by atoms with Gasteiger partial charge >= 0.3 is 5.97 Å². The van der Waals surface area contributed by atoms with Crippen molar-refractivity contribution in [3.63, 3.8) is 0 Å². The maximum atomic E-state index is 14.1. The van der Waals surface area contributed by atoms with Gasteiger partial charge in [0.15, 0.2) is 0 Å². The lowest BCUT2D eigenvalue weighted by molar-refractivity contribution is -0.125. The van der Waals surface area contributed by atoms with Crippen molar-refractivity contribution in [3.8, 4) is 5.75 Å². The molecule has 2 atom stereocenters. The smallest absolute Gasteiger partial charge is 0.341 e. The zero-order valence-corrected chi connectivity index (χ0v) is 23.2. The first-order valence-corrected chi connectivity index (χ1v) is 14.2. The summed E-state index contributed by atoms with van der Waals surface area (Å²) in [4.78, 5) is 26.7. The van der Waals surface area contributed by atoms with E-state index in [2.05, 4.69) is 10.0 Å². The first-order valence-electron chi connectivity index (χ1n) is 12.7. The molecule has 0 aromatic heterocycles. The Balaban J connectivity index is 1.95. The zero-order chi connectivity index (χ0) is 28.2. The fraction of sp³-hybridized carbons (Fsp3) is 0.481. The van der Waals surface area contributed by atoms with Crippen LogP contribution in [-0.4, -0.2) is 56.5 Å². The second-order valence-corrected chi connectivity index (χ2v) is 11.5. The first kappa shape index (κ1) is 29.4. The number of methoxy groups -OCH3 is 1. The van der Waals surface area contributed by atoms with Gasteiger partial charge in [0.05, 0.1) is 23.7 Å². The first-order chi connectivity index (χ1) is 17.9. The number of hydrogen-bond acceptors (Lipinski definition) is 6. The van der Waals surface area contributed by atoms with Crippen LogP contribution in [0.25, 0.3) is 0 Å². The minimum absolute atomic E-state index is 0.0424. The third-order valence-corrected chi connectivity index (χ3v) is 8.64. The molecule has 1 unspecified atom stereocenters. The number of halogens is 1. The van der Waals surface area contributed by atoms with Crippen LogP contribution in [0, 0.1) is 11.7 Å².